The van der Waals surface area contributed by atoms with Crippen LogP contribution >= 0.6 is 0 Å². The molecule has 1 heterocycles. The number of ether oxygens (including phenoxy) is 1. The fourth-order valence-electron chi connectivity index (χ4n) is 3.26. The molecule has 1 aliphatic heterocycles. The lowest BCUT2D eigenvalue weighted by atomic mass is 9.93. The molecule has 156 valence electrons. The Balaban J connectivity index is 0.00000158. The fraction of sp³-hybridized carbons (Fsp3) is 0.682. The minimum Gasteiger partial charge on any atom is -0.377 e. The predicted molar refractivity (Wildman–Crippen MR) is 112 cm³/mol. The molecule has 1 fully saturated rings. The lowest BCUT2D eigenvalue weighted by Gasteiger charge is -2.28. The number of hydrogen-bond donors (Lipinski definition) is 2. The zero-order chi connectivity index (χ0) is 20.5. The smallest absolute Gasteiger partial charge is 0.246 e. The topological polar surface area (TPSA) is 61.8 Å². The lowest BCUT2D eigenvalue weighted by Crippen LogP contribution is -2.35. The van der Waals surface area contributed by atoms with Crippen LogP contribution in [0, 0.1) is 5.92 Å². The number of hydrogen-bond acceptors (Lipinski definition) is 4. The molecule has 1 aromatic rings. The first-order valence-corrected chi connectivity index (χ1v) is 10.5. The standard InChI is InChI=1S/C18H28N2O3.2C2H6/c1-23-17(15-8-4-2-5-9-15)14-16(18(21)19-22)10-13-20-11-6-3-7-12-20;2*1-2/h2,4-5,8-9,16-17,22H,3,6-7,10-14H2,1H3,(H,19,21);2*1-2H3. The molecule has 5 nitrogen and oxygen atoms in total. The second-order valence-electron chi connectivity index (χ2n) is 6.23. The summed E-state index contributed by atoms with van der Waals surface area (Å²) in [7, 11) is 1.66. The summed E-state index contributed by atoms with van der Waals surface area (Å²) in [6.07, 6.45) is 4.94. The summed E-state index contributed by atoms with van der Waals surface area (Å²) in [4.78, 5) is 14.4. The van der Waals surface area contributed by atoms with E-state index in [-0.39, 0.29) is 17.9 Å². The molecule has 5 heteroatoms. The van der Waals surface area contributed by atoms with Gasteiger partial charge in [-0.3, -0.25) is 10.0 Å². The third-order valence-electron chi connectivity index (χ3n) is 4.68. The van der Waals surface area contributed by atoms with Crippen molar-refractivity contribution in [1.82, 2.24) is 10.4 Å². The van der Waals surface area contributed by atoms with Crippen LogP contribution in [0.3, 0.4) is 0 Å². The monoisotopic (exact) mass is 380 g/mol. The van der Waals surface area contributed by atoms with Crippen molar-refractivity contribution in [2.24, 2.45) is 5.92 Å². The van der Waals surface area contributed by atoms with Gasteiger partial charge < -0.3 is 9.64 Å². The second kappa shape index (κ2) is 16.7. The van der Waals surface area contributed by atoms with Crippen LogP contribution in [0.25, 0.3) is 0 Å². The molecule has 2 unspecified atom stereocenters. The van der Waals surface area contributed by atoms with Gasteiger partial charge in [-0.15, -0.1) is 0 Å². The van der Waals surface area contributed by atoms with E-state index in [1.807, 2.05) is 63.5 Å². The molecule has 0 radical (unpaired) electrons. The molecule has 0 bridgehead atoms. The number of carbonyl (C=O) groups excluding carboxylic acids is 1. The van der Waals surface area contributed by atoms with Gasteiger partial charge in [0.1, 0.15) is 0 Å². The van der Waals surface area contributed by atoms with E-state index in [0.717, 1.165) is 31.6 Å². The highest BCUT2D eigenvalue weighted by atomic mass is 16.5. The molecule has 0 aliphatic carbocycles. The summed E-state index contributed by atoms with van der Waals surface area (Å²) < 4.78 is 5.58. The van der Waals surface area contributed by atoms with Crippen LogP contribution in [0.15, 0.2) is 30.3 Å². The number of nitrogens with one attached hydrogen (secondary N) is 1. The van der Waals surface area contributed by atoms with Crippen LogP contribution in [-0.4, -0.2) is 42.8 Å². The van der Waals surface area contributed by atoms with E-state index in [2.05, 4.69) is 4.90 Å². The highest BCUT2D eigenvalue weighted by Crippen LogP contribution is 2.27. The second-order valence-corrected chi connectivity index (χ2v) is 6.23. The Labute approximate surface area is 166 Å². The Morgan fingerprint density at radius 3 is 2.22 bits per heavy atom. The Kier molecular flexibility index (Phi) is 15.8. The average molecular weight is 381 g/mol. The molecule has 0 spiro atoms. The minimum atomic E-state index is -0.319. The molecule has 1 aliphatic rings. The van der Waals surface area contributed by atoms with Crippen molar-refractivity contribution in [1.29, 1.82) is 0 Å². The van der Waals surface area contributed by atoms with Crippen LogP contribution in [0.4, 0.5) is 0 Å². The molecular weight excluding hydrogens is 340 g/mol. The van der Waals surface area contributed by atoms with E-state index >= 15 is 0 Å². The summed E-state index contributed by atoms with van der Waals surface area (Å²) in [5.74, 6) is -0.577. The van der Waals surface area contributed by atoms with Crippen LogP contribution in [0.5, 0.6) is 0 Å². The van der Waals surface area contributed by atoms with Gasteiger partial charge in [-0.2, -0.15) is 0 Å². The summed E-state index contributed by atoms with van der Waals surface area (Å²) >= 11 is 0. The van der Waals surface area contributed by atoms with E-state index in [0.29, 0.717) is 6.42 Å². The Morgan fingerprint density at radius 2 is 1.70 bits per heavy atom. The molecule has 1 amide bonds. The number of methoxy groups -OCH3 is 1. The van der Waals surface area contributed by atoms with Crippen molar-refractivity contribution in [3.63, 3.8) is 0 Å². The molecule has 2 rings (SSSR count). The van der Waals surface area contributed by atoms with Gasteiger partial charge >= 0.3 is 0 Å². The number of likely N-dealkylation sites (tertiary alicyclic amines) is 1. The largest absolute Gasteiger partial charge is 0.377 e. The third kappa shape index (κ3) is 9.89. The van der Waals surface area contributed by atoms with Crippen LogP contribution in [0.1, 0.15) is 71.5 Å². The highest BCUT2D eigenvalue weighted by Gasteiger charge is 2.25. The quantitative estimate of drug-likeness (QED) is 0.502. The number of rotatable bonds is 8. The van der Waals surface area contributed by atoms with Crippen LogP contribution in [-0.2, 0) is 9.53 Å². The number of nitrogens with zero attached hydrogens (tertiary/aromatic N) is 1. The maximum atomic E-state index is 12.0. The maximum absolute atomic E-state index is 12.0. The van der Waals surface area contributed by atoms with E-state index in [9.17, 15) is 4.79 Å². The van der Waals surface area contributed by atoms with E-state index in [1.165, 1.54) is 19.3 Å². The van der Waals surface area contributed by atoms with Crippen molar-refractivity contribution in [2.45, 2.75) is 65.9 Å². The van der Waals surface area contributed by atoms with E-state index in [1.54, 1.807) is 7.11 Å². The summed E-state index contributed by atoms with van der Waals surface area (Å²) in [5.41, 5.74) is 2.88. The van der Waals surface area contributed by atoms with Crippen molar-refractivity contribution in [3.05, 3.63) is 35.9 Å². The highest BCUT2D eigenvalue weighted by molar-refractivity contribution is 5.77. The molecule has 1 aromatic carbocycles. The maximum Gasteiger partial charge on any atom is 0.246 e. The first-order chi connectivity index (χ1) is 13.2. The number of carbonyl (C=O) groups is 1. The van der Waals surface area contributed by atoms with Gasteiger partial charge in [-0.05, 0) is 50.9 Å². The SMILES string of the molecule is CC.CC.COC(CC(CCN1CCCCC1)C(=O)NO)c1ccccc1. The van der Waals surface area contributed by atoms with Gasteiger partial charge in [0, 0.05) is 13.0 Å². The normalized spacial score (nSPS) is 16.1. The molecule has 0 aromatic heterocycles. The number of benzene rings is 1. The van der Waals surface area contributed by atoms with Gasteiger partial charge in [0.2, 0.25) is 5.91 Å². The molecule has 27 heavy (non-hydrogen) atoms. The van der Waals surface area contributed by atoms with E-state index in [4.69, 9.17) is 9.94 Å². The predicted octanol–water partition coefficient (Wildman–Crippen LogP) is 4.81. The van der Waals surface area contributed by atoms with Gasteiger partial charge in [-0.25, -0.2) is 5.48 Å². The molecule has 2 atom stereocenters. The summed E-state index contributed by atoms with van der Waals surface area (Å²) in [6.45, 7) is 11.1. The Bertz CT molecular complexity index is 462. The first-order valence-electron chi connectivity index (χ1n) is 10.5. The van der Waals surface area contributed by atoms with Gasteiger partial charge in [0.25, 0.3) is 0 Å². The van der Waals surface area contributed by atoms with E-state index < -0.39 is 0 Å². The first kappa shape index (κ1) is 25.6. The number of piperidine rings is 1. The molecule has 1 saturated heterocycles. The zero-order valence-corrected chi connectivity index (χ0v) is 17.9. The van der Waals surface area contributed by atoms with Crippen LogP contribution < -0.4 is 5.48 Å². The molecular formula is C22H40N2O3. The fourth-order valence-corrected chi connectivity index (χ4v) is 3.26. The zero-order valence-electron chi connectivity index (χ0n) is 17.9. The third-order valence-corrected chi connectivity index (χ3v) is 4.68. The minimum absolute atomic E-state index is 0.139. The van der Waals surface area contributed by atoms with Crippen molar-refractivity contribution in [2.75, 3.05) is 26.7 Å². The van der Waals surface area contributed by atoms with Crippen molar-refractivity contribution < 1.29 is 14.7 Å². The number of hydroxylamine groups is 1. The summed E-state index contributed by atoms with van der Waals surface area (Å²) in [6, 6.07) is 9.91. The Hall–Kier alpha value is -1.43. The van der Waals surface area contributed by atoms with Crippen molar-refractivity contribution >= 4 is 5.91 Å². The molecule has 0 saturated carbocycles. The Morgan fingerprint density at radius 1 is 1.11 bits per heavy atom. The summed E-state index contributed by atoms with van der Waals surface area (Å²) in [5, 5.41) is 9.04. The van der Waals surface area contributed by atoms with Gasteiger partial charge in [0.15, 0.2) is 0 Å². The average Bonchev–Trinajstić information content (AvgIpc) is 2.77. The van der Waals surface area contributed by atoms with Gasteiger partial charge in [0.05, 0.1) is 6.10 Å². The van der Waals surface area contributed by atoms with Gasteiger partial charge in [-0.1, -0.05) is 64.4 Å². The number of amides is 1. The van der Waals surface area contributed by atoms with Crippen molar-refractivity contribution in [3.8, 4) is 0 Å². The lowest BCUT2D eigenvalue weighted by molar-refractivity contribution is -0.135. The molecule has 2 N–H and O–H groups in total. The van der Waals surface area contributed by atoms with Crippen LogP contribution in [0.2, 0.25) is 0 Å².